The zero-order valence-corrected chi connectivity index (χ0v) is 14.7. The lowest BCUT2D eigenvalue weighted by molar-refractivity contribution is 0.837. The van der Waals surface area contributed by atoms with Gasteiger partial charge in [-0.25, -0.2) is 0 Å². The SMILES string of the molecule is CCCNc1nncc(Nc2c(C(C)C)cccc2C(C)C)n1. The van der Waals surface area contributed by atoms with Crippen LogP contribution in [0, 0.1) is 0 Å². The molecule has 1 aromatic heterocycles. The molecule has 1 heterocycles. The summed E-state index contributed by atoms with van der Waals surface area (Å²) in [5.74, 6) is 2.14. The fourth-order valence-electron chi connectivity index (χ4n) is 2.50. The summed E-state index contributed by atoms with van der Waals surface area (Å²) < 4.78 is 0. The number of rotatable bonds is 7. The van der Waals surface area contributed by atoms with Crippen molar-refractivity contribution in [3.05, 3.63) is 35.5 Å². The van der Waals surface area contributed by atoms with Gasteiger partial charge in [0.1, 0.15) is 0 Å². The predicted molar refractivity (Wildman–Crippen MR) is 96.5 cm³/mol. The third-order valence-corrected chi connectivity index (χ3v) is 3.72. The minimum absolute atomic E-state index is 0.434. The monoisotopic (exact) mass is 313 g/mol. The Morgan fingerprint density at radius 3 is 2.26 bits per heavy atom. The number of nitrogens with zero attached hydrogens (tertiary/aromatic N) is 3. The van der Waals surface area contributed by atoms with Gasteiger partial charge in [-0.05, 0) is 29.4 Å². The van der Waals surface area contributed by atoms with Crippen molar-refractivity contribution in [2.24, 2.45) is 0 Å². The van der Waals surface area contributed by atoms with E-state index in [0.717, 1.165) is 18.7 Å². The van der Waals surface area contributed by atoms with E-state index in [4.69, 9.17) is 0 Å². The number of anilines is 3. The second-order valence-electron chi connectivity index (χ2n) is 6.34. The van der Waals surface area contributed by atoms with Gasteiger partial charge in [-0.1, -0.05) is 52.8 Å². The molecule has 5 nitrogen and oxygen atoms in total. The highest BCUT2D eigenvalue weighted by Gasteiger charge is 2.14. The zero-order valence-electron chi connectivity index (χ0n) is 14.7. The maximum absolute atomic E-state index is 4.51. The molecule has 2 aromatic rings. The molecule has 0 radical (unpaired) electrons. The lowest BCUT2D eigenvalue weighted by Gasteiger charge is -2.20. The Morgan fingerprint density at radius 2 is 1.70 bits per heavy atom. The van der Waals surface area contributed by atoms with Crippen LogP contribution in [0.2, 0.25) is 0 Å². The van der Waals surface area contributed by atoms with Crippen LogP contribution >= 0.6 is 0 Å². The van der Waals surface area contributed by atoms with Crippen LogP contribution in [0.5, 0.6) is 0 Å². The summed E-state index contributed by atoms with van der Waals surface area (Å²) in [6.07, 6.45) is 2.69. The van der Waals surface area contributed by atoms with E-state index in [1.54, 1.807) is 6.20 Å². The molecule has 0 bridgehead atoms. The number of para-hydroxylation sites is 1. The topological polar surface area (TPSA) is 62.7 Å². The maximum atomic E-state index is 4.51. The van der Waals surface area contributed by atoms with Crippen LogP contribution in [0.3, 0.4) is 0 Å². The van der Waals surface area contributed by atoms with Crippen molar-refractivity contribution in [2.45, 2.75) is 52.9 Å². The molecule has 1 aromatic carbocycles. The van der Waals surface area contributed by atoms with Gasteiger partial charge >= 0.3 is 0 Å². The molecule has 0 saturated heterocycles. The van der Waals surface area contributed by atoms with Crippen molar-refractivity contribution in [1.29, 1.82) is 0 Å². The van der Waals surface area contributed by atoms with Crippen LogP contribution in [0.15, 0.2) is 24.4 Å². The highest BCUT2D eigenvalue weighted by Crippen LogP contribution is 2.34. The van der Waals surface area contributed by atoms with Crippen LogP contribution in [0.25, 0.3) is 0 Å². The molecule has 0 aliphatic carbocycles. The molecule has 0 aliphatic heterocycles. The number of aromatic nitrogens is 3. The Kier molecular flexibility index (Phi) is 5.90. The summed E-state index contributed by atoms with van der Waals surface area (Å²) in [5.41, 5.74) is 3.72. The first-order valence-corrected chi connectivity index (χ1v) is 8.36. The van der Waals surface area contributed by atoms with Crippen LogP contribution in [0.4, 0.5) is 17.5 Å². The summed E-state index contributed by atoms with van der Waals surface area (Å²) in [6, 6.07) is 6.47. The molecule has 5 heteroatoms. The summed E-state index contributed by atoms with van der Waals surface area (Å²) in [4.78, 5) is 4.51. The summed E-state index contributed by atoms with van der Waals surface area (Å²) in [5, 5.41) is 14.7. The summed E-state index contributed by atoms with van der Waals surface area (Å²) >= 11 is 0. The summed E-state index contributed by atoms with van der Waals surface area (Å²) in [6.45, 7) is 11.8. The summed E-state index contributed by atoms with van der Waals surface area (Å²) in [7, 11) is 0. The highest BCUT2D eigenvalue weighted by molar-refractivity contribution is 5.66. The smallest absolute Gasteiger partial charge is 0.244 e. The van der Waals surface area contributed by atoms with Gasteiger partial charge in [0.05, 0.1) is 6.20 Å². The minimum Gasteiger partial charge on any atom is -0.353 e. The number of hydrogen-bond acceptors (Lipinski definition) is 5. The molecule has 2 N–H and O–H groups in total. The Labute approximate surface area is 139 Å². The van der Waals surface area contributed by atoms with Crippen molar-refractivity contribution < 1.29 is 0 Å². The largest absolute Gasteiger partial charge is 0.353 e. The van der Waals surface area contributed by atoms with Crippen LogP contribution in [0.1, 0.15) is 64.0 Å². The second kappa shape index (κ2) is 7.90. The first kappa shape index (κ1) is 17.2. The molecule has 0 amide bonds. The van der Waals surface area contributed by atoms with Gasteiger partial charge in [0.2, 0.25) is 5.95 Å². The lowest BCUT2D eigenvalue weighted by atomic mass is 9.92. The minimum atomic E-state index is 0.434. The van der Waals surface area contributed by atoms with E-state index in [0.29, 0.717) is 23.6 Å². The second-order valence-corrected chi connectivity index (χ2v) is 6.34. The maximum Gasteiger partial charge on any atom is 0.244 e. The fraction of sp³-hybridized carbons (Fsp3) is 0.500. The molecular weight excluding hydrogens is 286 g/mol. The van der Waals surface area contributed by atoms with Crippen LogP contribution in [-0.2, 0) is 0 Å². The van der Waals surface area contributed by atoms with Crippen LogP contribution < -0.4 is 10.6 Å². The van der Waals surface area contributed by atoms with Gasteiger partial charge in [-0.15, -0.1) is 5.10 Å². The van der Waals surface area contributed by atoms with Crippen molar-refractivity contribution in [1.82, 2.24) is 15.2 Å². The van der Waals surface area contributed by atoms with Crippen molar-refractivity contribution >= 4 is 17.5 Å². The van der Waals surface area contributed by atoms with Crippen LogP contribution in [-0.4, -0.2) is 21.7 Å². The van der Waals surface area contributed by atoms with E-state index >= 15 is 0 Å². The number of nitrogens with one attached hydrogen (secondary N) is 2. The Hall–Kier alpha value is -2.17. The normalized spacial score (nSPS) is 11.1. The molecule has 0 fully saturated rings. The van der Waals surface area contributed by atoms with Gasteiger partial charge in [-0.2, -0.15) is 10.1 Å². The van der Waals surface area contributed by atoms with Gasteiger partial charge in [0, 0.05) is 12.2 Å². The van der Waals surface area contributed by atoms with Gasteiger partial charge < -0.3 is 10.6 Å². The molecule has 0 aliphatic rings. The Morgan fingerprint density at radius 1 is 1.04 bits per heavy atom. The van der Waals surface area contributed by atoms with Gasteiger partial charge in [-0.3, -0.25) is 0 Å². The molecule has 0 atom stereocenters. The Bertz CT molecular complexity index is 611. The van der Waals surface area contributed by atoms with Crippen molar-refractivity contribution in [3.63, 3.8) is 0 Å². The average molecular weight is 313 g/mol. The fourth-order valence-corrected chi connectivity index (χ4v) is 2.50. The van der Waals surface area contributed by atoms with Gasteiger partial charge in [0.15, 0.2) is 5.82 Å². The van der Waals surface area contributed by atoms with Crippen molar-refractivity contribution in [3.8, 4) is 0 Å². The molecular formula is C18H27N5. The molecule has 0 saturated carbocycles. The average Bonchev–Trinajstić information content (AvgIpc) is 2.53. The molecule has 2 rings (SSSR count). The molecule has 0 spiro atoms. The zero-order chi connectivity index (χ0) is 16.8. The molecule has 23 heavy (non-hydrogen) atoms. The number of benzene rings is 1. The van der Waals surface area contributed by atoms with Gasteiger partial charge in [0.25, 0.3) is 0 Å². The third-order valence-electron chi connectivity index (χ3n) is 3.72. The van der Waals surface area contributed by atoms with Crippen molar-refractivity contribution in [2.75, 3.05) is 17.2 Å². The predicted octanol–water partition coefficient (Wildman–Crippen LogP) is 4.68. The Balaban J connectivity index is 2.35. The van der Waals surface area contributed by atoms with E-state index in [-0.39, 0.29) is 0 Å². The lowest BCUT2D eigenvalue weighted by Crippen LogP contribution is -2.09. The highest BCUT2D eigenvalue weighted by atomic mass is 15.3. The van der Waals surface area contributed by atoms with E-state index < -0.39 is 0 Å². The first-order valence-electron chi connectivity index (χ1n) is 8.36. The van der Waals surface area contributed by atoms with E-state index in [1.165, 1.54) is 11.1 Å². The first-order chi connectivity index (χ1) is 11.0. The molecule has 0 unspecified atom stereocenters. The van der Waals surface area contributed by atoms with E-state index in [2.05, 4.69) is 78.6 Å². The molecule has 124 valence electrons. The van der Waals surface area contributed by atoms with E-state index in [9.17, 15) is 0 Å². The standard InChI is InChI=1S/C18H27N5/c1-6-10-19-18-22-16(11-20-23-18)21-17-14(12(2)3)8-7-9-15(17)13(4)5/h7-9,11-13H,6,10H2,1-5H3,(H2,19,21,22,23). The quantitative estimate of drug-likeness (QED) is 0.777. The third kappa shape index (κ3) is 4.41. The number of hydrogen-bond donors (Lipinski definition) is 2. The van der Waals surface area contributed by atoms with E-state index in [1.807, 2.05) is 0 Å².